The van der Waals surface area contributed by atoms with E-state index in [9.17, 15) is 44.4 Å². The van der Waals surface area contributed by atoms with Crippen molar-refractivity contribution in [2.24, 2.45) is 0 Å². The number of methoxy groups -OCH3 is 3. The molecule has 9 rings (SSSR count). The smallest absolute Gasteiger partial charge is 0.329 e. The molecule has 0 saturated carbocycles. The maximum atomic E-state index is 15.5. The van der Waals surface area contributed by atoms with Crippen LogP contribution in [0.1, 0.15) is 78.6 Å². The zero-order valence-corrected chi connectivity index (χ0v) is 64.7. The third kappa shape index (κ3) is 22.9. The summed E-state index contributed by atoms with van der Waals surface area (Å²) in [5.74, 6) is -0.323. The number of nitrogens with zero attached hydrogens (tertiary/aromatic N) is 3. The lowest BCUT2D eigenvalue weighted by Gasteiger charge is -2.29. The molecule has 9 aromatic rings. The Balaban J connectivity index is 0.957. The predicted molar refractivity (Wildman–Crippen MR) is 425 cm³/mol. The molecule has 0 aromatic heterocycles. The van der Waals surface area contributed by atoms with Crippen molar-refractivity contribution in [3.63, 3.8) is 0 Å². The van der Waals surface area contributed by atoms with Crippen molar-refractivity contribution in [2.45, 2.75) is 112 Å². The number of aryl methyl sites for hydroxylation is 2. The number of hydrogen-bond acceptors (Lipinski definition) is 15. The summed E-state index contributed by atoms with van der Waals surface area (Å²) in [7, 11) is -9.41. The summed E-state index contributed by atoms with van der Waals surface area (Å²) in [6, 6.07) is 53.9. The van der Waals surface area contributed by atoms with Crippen molar-refractivity contribution < 1.29 is 68.2 Å². The van der Waals surface area contributed by atoms with Gasteiger partial charge < -0.3 is 44.9 Å². The molecule has 3 atom stereocenters. The summed E-state index contributed by atoms with van der Waals surface area (Å²) in [6.45, 7) is 7.26. The third-order valence-corrected chi connectivity index (χ3v) is 22.0. The standard InChI is InChI=1S/C83H91N9O15S3/c1-8-22-59-30-21-31-72(51-59)108(99,100)87-81(96)85-76(56-61-26-17-13-18-27-61)79(94)91(67-34-40-70(106-6)41-35-67)46-44-64-48-58(10-3)50-73(53-64)109(101,102)88-83(98)86-77(57-62-28-19-14-20-29-62)80(95)92(68-36-42-71(107-7)43-37-68)47-45-65-49-63(23-9-2)52-74(54-65)110(103,104)89-82(97)84-75(55-60-24-15-12-16-25-60)78(93)90(11-4)66-32-38-69(105-5)39-33-66/h8,12-22,24-43,48-54,75-77H,9-11,23,44-47,55-57H2,1-7H3,(H2,84,89,97)(H2,85,87,96)(H2,86,88,98). The highest BCUT2D eigenvalue weighted by Gasteiger charge is 2.34. The molecule has 0 saturated heterocycles. The van der Waals surface area contributed by atoms with Gasteiger partial charge in [0.25, 0.3) is 30.1 Å². The molecule has 0 bridgehead atoms. The molecular formula is C83H91N9O15S3. The fourth-order valence-corrected chi connectivity index (χ4v) is 15.5. The van der Waals surface area contributed by atoms with Crippen LogP contribution in [0.15, 0.2) is 245 Å². The first-order valence-electron chi connectivity index (χ1n) is 35.8. The highest BCUT2D eigenvalue weighted by molar-refractivity contribution is 7.90. The van der Waals surface area contributed by atoms with Crippen LogP contribution in [0.25, 0.3) is 6.08 Å². The van der Waals surface area contributed by atoms with E-state index in [-0.39, 0.29) is 66.4 Å². The SMILES string of the molecule is CC=Cc1cccc(S(=O)(=O)NC(=O)NC(Cc2ccccc2)C(=O)N(CCc2cc(CC)cc(S(=O)(=O)NC(=O)NC(Cc3ccccc3)C(=O)N(CCc3cc(CCC)cc(S(=O)(=O)NC(=O)NC(Cc4ccccc4)C(=O)N(CC)c4ccc(OC)cc4)c3)c3ccc(OC)cc3)c2)c2ccc(OC)cc2)c1. The number of sulfonamides is 3. The van der Waals surface area contributed by atoms with Gasteiger partial charge >= 0.3 is 18.1 Å². The normalized spacial score (nSPS) is 12.3. The molecule has 0 fully saturated rings. The van der Waals surface area contributed by atoms with Crippen molar-refractivity contribution in [1.29, 1.82) is 0 Å². The van der Waals surface area contributed by atoms with Gasteiger partial charge in [-0.25, -0.2) is 53.8 Å². The maximum Gasteiger partial charge on any atom is 0.329 e. The summed E-state index contributed by atoms with van der Waals surface area (Å²) in [6.07, 6.45) is 4.65. The van der Waals surface area contributed by atoms with Crippen molar-refractivity contribution >= 4 is 89.0 Å². The Hall–Kier alpha value is -11.8. The highest BCUT2D eigenvalue weighted by atomic mass is 32.2. The molecule has 110 heavy (non-hydrogen) atoms. The number of amides is 9. The second kappa shape index (κ2) is 38.8. The summed E-state index contributed by atoms with van der Waals surface area (Å²) in [5, 5.41) is 7.91. The number of carbonyl (C=O) groups is 6. The van der Waals surface area contributed by atoms with Crippen LogP contribution < -0.4 is 59.0 Å². The Bertz CT molecular complexity index is 5040. The molecule has 0 aliphatic heterocycles. The van der Waals surface area contributed by atoms with Crippen molar-refractivity contribution in [3.05, 3.63) is 275 Å². The fraction of sp³-hybridized carbons (Fsp3) is 0.253. The molecule has 3 unspecified atom stereocenters. The topological polar surface area (TPSA) is 314 Å². The van der Waals surface area contributed by atoms with E-state index in [1.165, 1.54) is 78.5 Å². The first-order chi connectivity index (χ1) is 52.8. The molecule has 9 amide bonds. The largest absolute Gasteiger partial charge is 0.497 e. The van der Waals surface area contributed by atoms with Gasteiger partial charge in [-0.1, -0.05) is 148 Å². The van der Waals surface area contributed by atoms with Gasteiger partial charge in [-0.05, 0) is 193 Å². The molecule has 0 aliphatic rings. The van der Waals surface area contributed by atoms with Crippen LogP contribution in [0.3, 0.4) is 0 Å². The average molecular weight is 1550 g/mol. The first-order valence-corrected chi connectivity index (χ1v) is 40.3. The van der Waals surface area contributed by atoms with Crippen LogP contribution in [-0.2, 0) is 89.4 Å². The Morgan fingerprint density at radius 3 is 1.05 bits per heavy atom. The van der Waals surface area contributed by atoms with Crippen LogP contribution in [0, 0.1) is 0 Å². The Morgan fingerprint density at radius 2 is 0.709 bits per heavy atom. The number of urea groups is 3. The fourth-order valence-electron chi connectivity index (χ4n) is 12.5. The third-order valence-electron chi connectivity index (χ3n) is 18.0. The van der Waals surface area contributed by atoms with Crippen LogP contribution in [-0.4, -0.2) is 120 Å². The monoisotopic (exact) mass is 1550 g/mol. The maximum absolute atomic E-state index is 15.5. The van der Waals surface area contributed by atoms with Crippen LogP contribution in [0.4, 0.5) is 31.4 Å². The summed E-state index contributed by atoms with van der Waals surface area (Å²) >= 11 is 0. The minimum atomic E-state index is -4.78. The zero-order chi connectivity index (χ0) is 79.0. The molecule has 9 aromatic carbocycles. The van der Waals surface area contributed by atoms with E-state index in [4.69, 9.17) is 14.2 Å². The van der Waals surface area contributed by atoms with Gasteiger partial charge in [0.2, 0.25) is 17.7 Å². The number of hydrogen-bond donors (Lipinski definition) is 6. The molecule has 0 heterocycles. The Morgan fingerprint density at radius 1 is 0.373 bits per heavy atom. The molecule has 0 aliphatic carbocycles. The van der Waals surface area contributed by atoms with Gasteiger partial charge in [-0.2, -0.15) is 0 Å². The van der Waals surface area contributed by atoms with Gasteiger partial charge in [0.1, 0.15) is 35.4 Å². The van der Waals surface area contributed by atoms with Gasteiger partial charge in [0.15, 0.2) is 0 Å². The van der Waals surface area contributed by atoms with E-state index in [0.29, 0.717) is 98.1 Å². The molecule has 24 nitrogen and oxygen atoms in total. The van der Waals surface area contributed by atoms with Crippen LogP contribution in [0.5, 0.6) is 17.2 Å². The summed E-state index contributed by atoms with van der Waals surface area (Å²) in [4.78, 5) is 91.1. The second-order valence-corrected chi connectivity index (χ2v) is 30.8. The number of carbonyl (C=O) groups excluding carboxylic acids is 6. The Kier molecular flexibility index (Phi) is 29.0. The number of rotatable bonds is 35. The molecule has 576 valence electrons. The minimum Gasteiger partial charge on any atom is -0.497 e. The van der Waals surface area contributed by atoms with Crippen molar-refractivity contribution in [1.82, 2.24) is 30.1 Å². The summed E-state index contributed by atoms with van der Waals surface area (Å²) in [5.41, 5.74) is 5.77. The second-order valence-electron chi connectivity index (χ2n) is 25.8. The number of ether oxygens (including phenoxy) is 3. The molecule has 6 N–H and O–H groups in total. The average Bonchev–Trinajstić information content (AvgIpc) is 0.819. The molecule has 0 radical (unpaired) electrons. The number of benzene rings is 9. The molecular weight excluding hydrogens is 1460 g/mol. The quantitative estimate of drug-likeness (QED) is 0.0215. The van der Waals surface area contributed by atoms with E-state index in [1.807, 2.05) is 19.9 Å². The van der Waals surface area contributed by atoms with Gasteiger partial charge in [-0.3, -0.25) is 14.4 Å². The lowest BCUT2D eigenvalue weighted by atomic mass is 10.0. The molecule has 27 heteroatoms. The van der Waals surface area contributed by atoms with Crippen molar-refractivity contribution in [2.75, 3.05) is 55.7 Å². The zero-order valence-electron chi connectivity index (χ0n) is 62.2. The number of likely N-dealkylation sites (N-methyl/N-ethyl adjacent to an activating group) is 1. The molecule has 0 spiro atoms. The first kappa shape index (κ1) is 82.3. The lowest BCUT2D eigenvalue weighted by molar-refractivity contribution is -0.121. The van der Waals surface area contributed by atoms with Gasteiger partial charge in [0.05, 0.1) is 36.0 Å². The predicted octanol–water partition coefficient (Wildman–Crippen LogP) is 11.7. The highest BCUT2D eigenvalue weighted by Crippen LogP contribution is 2.28. The summed E-state index contributed by atoms with van der Waals surface area (Å²) < 4.78 is 108. The van der Waals surface area contributed by atoms with E-state index in [2.05, 4.69) is 30.1 Å². The van der Waals surface area contributed by atoms with E-state index < -0.39 is 84.0 Å². The van der Waals surface area contributed by atoms with Crippen LogP contribution >= 0.6 is 0 Å². The minimum absolute atomic E-state index is 0.00892. The van der Waals surface area contributed by atoms with Gasteiger partial charge in [0, 0.05) is 56.0 Å². The van der Waals surface area contributed by atoms with Gasteiger partial charge in [-0.15, -0.1) is 0 Å². The lowest BCUT2D eigenvalue weighted by Crippen LogP contribution is -2.53. The van der Waals surface area contributed by atoms with E-state index in [0.717, 1.165) is 0 Å². The van der Waals surface area contributed by atoms with E-state index >= 15 is 9.59 Å². The van der Waals surface area contributed by atoms with Crippen molar-refractivity contribution in [3.8, 4) is 17.2 Å². The number of nitrogens with one attached hydrogen (secondary N) is 6. The number of anilines is 3. The number of allylic oxidation sites excluding steroid dienone is 1. The van der Waals surface area contributed by atoms with Crippen LogP contribution in [0.2, 0.25) is 0 Å². The Labute approximate surface area is 643 Å². The van der Waals surface area contributed by atoms with E-state index in [1.54, 1.807) is 202 Å².